The van der Waals surface area contributed by atoms with Gasteiger partial charge in [0.1, 0.15) is 5.92 Å². The fourth-order valence-corrected chi connectivity index (χ4v) is 2.87. The van der Waals surface area contributed by atoms with Gasteiger partial charge >= 0.3 is 0 Å². The third-order valence-electron chi connectivity index (χ3n) is 4.34. The van der Waals surface area contributed by atoms with E-state index in [0.29, 0.717) is 25.9 Å². The Hall–Kier alpha value is -2.84. The molecule has 0 spiro atoms. The van der Waals surface area contributed by atoms with Crippen molar-refractivity contribution in [2.45, 2.75) is 32.2 Å². The third-order valence-corrected chi connectivity index (χ3v) is 4.34. The molecule has 9 heteroatoms. The van der Waals surface area contributed by atoms with Gasteiger partial charge in [0, 0.05) is 32.1 Å². The van der Waals surface area contributed by atoms with Gasteiger partial charge < -0.3 is 14.7 Å². The second kappa shape index (κ2) is 7.37. The number of amides is 3. The van der Waals surface area contributed by atoms with Gasteiger partial charge in [0.25, 0.3) is 5.91 Å². The number of piperidine rings is 1. The van der Waals surface area contributed by atoms with Crippen molar-refractivity contribution in [1.82, 2.24) is 20.4 Å². The van der Waals surface area contributed by atoms with Crippen LogP contribution in [-0.2, 0) is 20.9 Å². The summed E-state index contributed by atoms with van der Waals surface area (Å²) in [6, 6.07) is 0. The fourth-order valence-electron chi connectivity index (χ4n) is 2.87. The van der Waals surface area contributed by atoms with Crippen LogP contribution in [0.5, 0.6) is 0 Å². The maximum atomic E-state index is 12.2. The summed E-state index contributed by atoms with van der Waals surface area (Å²) in [6.07, 6.45) is 5.99. The molecule has 0 saturated carbocycles. The molecule has 2 aliphatic rings. The topological polar surface area (TPSA) is 118 Å². The highest BCUT2D eigenvalue weighted by Crippen LogP contribution is 2.19. The zero-order valence-electron chi connectivity index (χ0n) is 13.8. The van der Waals surface area contributed by atoms with E-state index in [0.717, 1.165) is 0 Å². The van der Waals surface area contributed by atoms with Crippen LogP contribution in [0.15, 0.2) is 21.7 Å². The SMILES string of the molecule is CC(=O)N1CCC(C(=O)NCc2nc(C3C=CC=NC3=O)no2)CC1. The van der Waals surface area contributed by atoms with Crippen molar-refractivity contribution in [3.63, 3.8) is 0 Å². The van der Waals surface area contributed by atoms with Gasteiger partial charge in [-0.15, -0.1) is 0 Å². The van der Waals surface area contributed by atoms with Crippen LogP contribution < -0.4 is 5.32 Å². The molecular formula is C16H19N5O4. The predicted molar refractivity (Wildman–Crippen MR) is 86.5 cm³/mol. The molecule has 25 heavy (non-hydrogen) atoms. The number of hydrogen-bond donors (Lipinski definition) is 1. The van der Waals surface area contributed by atoms with E-state index in [1.807, 2.05) is 0 Å². The van der Waals surface area contributed by atoms with E-state index in [1.165, 1.54) is 13.1 Å². The largest absolute Gasteiger partial charge is 0.347 e. The van der Waals surface area contributed by atoms with E-state index in [9.17, 15) is 14.4 Å². The quantitative estimate of drug-likeness (QED) is 0.832. The van der Waals surface area contributed by atoms with Crippen LogP contribution in [0.4, 0.5) is 0 Å². The first-order valence-corrected chi connectivity index (χ1v) is 8.15. The molecule has 0 aliphatic carbocycles. The first-order valence-electron chi connectivity index (χ1n) is 8.15. The standard InChI is InChI=1S/C16H19N5O4/c1-10(22)21-7-4-11(5-8-21)15(23)18-9-13-19-14(20-25-13)12-3-2-6-17-16(12)24/h2-3,6,11-12H,4-5,7-9H2,1H3,(H,18,23). The highest BCUT2D eigenvalue weighted by atomic mass is 16.5. The summed E-state index contributed by atoms with van der Waals surface area (Å²) >= 11 is 0. The van der Waals surface area contributed by atoms with E-state index in [4.69, 9.17) is 4.52 Å². The molecule has 1 atom stereocenters. The maximum absolute atomic E-state index is 12.2. The number of hydrogen-bond acceptors (Lipinski definition) is 6. The number of rotatable bonds is 4. The molecule has 0 aromatic carbocycles. The predicted octanol–water partition coefficient (Wildman–Crippen LogP) is 0.195. The van der Waals surface area contributed by atoms with E-state index in [2.05, 4.69) is 20.4 Å². The van der Waals surface area contributed by atoms with Gasteiger partial charge in [-0.3, -0.25) is 14.4 Å². The van der Waals surface area contributed by atoms with Crippen molar-refractivity contribution < 1.29 is 18.9 Å². The Kier molecular flexibility index (Phi) is 5.01. The Balaban J connectivity index is 1.50. The van der Waals surface area contributed by atoms with E-state index >= 15 is 0 Å². The molecule has 132 valence electrons. The molecule has 1 N–H and O–H groups in total. The highest BCUT2D eigenvalue weighted by Gasteiger charge is 2.27. The van der Waals surface area contributed by atoms with Crippen molar-refractivity contribution in [1.29, 1.82) is 0 Å². The van der Waals surface area contributed by atoms with Crippen LogP contribution in [-0.4, -0.2) is 52.1 Å². The summed E-state index contributed by atoms with van der Waals surface area (Å²) in [6.45, 7) is 2.82. The van der Waals surface area contributed by atoms with Gasteiger partial charge in [-0.25, -0.2) is 4.99 Å². The second-order valence-electron chi connectivity index (χ2n) is 6.02. The van der Waals surface area contributed by atoms with Crippen LogP contribution in [0.2, 0.25) is 0 Å². The van der Waals surface area contributed by atoms with Crippen molar-refractivity contribution in [3.05, 3.63) is 23.9 Å². The molecule has 3 heterocycles. The number of likely N-dealkylation sites (tertiary alicyclic amines) is 1. The molecule has 0 bridgehead atoms. The average Bonchev–Trinajstić information content (AvgIpc) is 3.09. The Morgan fingerprint density at radius 2 is 2.12 bits per heavy atom. The molecule has 3 rings (SSSR count). The Morgan fingerprint density at radius 3 is 2.80 bits per heavy atom. The number of carbonyl (C=O) groups excluding carboxylic acids is 3. The molecule has 2 aliphatic heterocycles. The van der Waals surface area contributed by atoms with Crippen molar-refractivity contribution >= 4 is 23.9 Å². The van der Waals surface area contributed by atoms with E-state index in [-0.39, 0.29) is 41.9 Å². The molecule has 1 aromatic heterocycles. The number of nitrogens with zero attached hydrogens (tertiary/aromatic N) is 4. The minimum Gasteiger partial charge on any atom is -0.347 e. The van der Waals surface area contributed by atoms with Gasteiger partial charge in [0.2, 0.25) is 17.7 Å². The first kappa shape index (κ1) is 17.0. The first-order chi connectivity index (χ1) is 12.0. The Labute approximate surface area is 144 Å². The lowest BCUT2D eigenvalue weighted by Gasteiger charge is -2.30. The monoisotopic (exact) mass is 345 g/mol. The summed E-state index contributed by atoms with van der Waals surface area (Å²) in [4.78, 5) is 44.8. The van der Waals surface area contributed by atoms with Crippen LogP contribution in [0.1, 0.15) is 37.4 Å². The van der Waals surface area contributed by atoms with Crippen LogP contribution in [0.25, 0.3) is 0 Å². The second-order valence-corrected chi connectivity index (χ2v) is 6.02. The lowest BCUT2D eigenvalue weighted by molar-refractivity contribution is -0.134. The normalized spacial score (nSPS) is 20.8. The van der Waals surface area contributed by atoms with Crippen molar-refractivity contribution in [3.8, 4) is 0 Å². The molecule has 9 nitrogen and oxygen atoms in total. The summed E-state index contributed by atoms with van der Waals surface area (Å²) in [5, 5.41) is 6.55. The zero-order chi connectivity index (χ0) is 17.8. The summed E-state index contributed by atoms with van der Waals surface area (Å²) in [7, 11) is 0. The van der Waals surface area contributed by atoms with Gasteiger partial charge in [0.15, 0.2) is 5.82 Å². The maximum Gasteiger partial charge on any atom is 0.260 e. The van der Waals surface area contributed by atoms with Crippen LogP contribution in [0, 0.1) is 5.92 Å². The van der Waals surface area contributed by atoms with Crippen molar-refractivity contribution in [2.75, 3.05) is 13.1 Å². The average molecular weight is 345 g/mol. The lowest BCUT2D eigenvalue weighted by atomic mass is 9.96. The zero-order valence-corrected chi connectivity index (χ0v) is 13.8. The summed E-state index contributed by atoms with van der Waals surface area (Å²) in [5.41, 5.74) is 0. The summed E-state index contributed by atoms with van der Waals surface area (Å²) < 4.78 is 5.09. The van der Waals surface area contributed by atoms with Gasteiger partial charge in [-0.05, 0) is 18.9 Å². The number of aromatic nitrogens is 2. The molecule has 0 radical (unpaired) electrons. The third kappa shape index (κ3) is 3.98. The van der Waals surface area contributed by atoms with Gasteiger partial charge in [0.05, 0.1) is 6.54 Å². The number of allylic oxidation sites excluding steroid dienone is 1. The molecule has 1 aromatic rings. The minimum absolute atomic E-state index is 0.0351. The fraction of sp³-hybridized carbons (Fsp3) is 0.500. The highest BCUT2D eigenvalue weighted by molar-refractivity contribution is 5.96. The number of nitrogens with one attached hydrogen (secondary N) is 1. The summed E-state index contributed by atoms with van der Waals surface area (Å²) in [5.74, 6) is -0.716. The molecule has 3 amide bonds. The number of dihydropyridines is 1. The van der Waals surface area contributed by atoms with E-state index in [1.54, 1.807) is 17.1 Å². The number of carbonyl (C=O) groups is 3. The smallest absolute Gasteiger partial charge is 0.260 e. The van der Waals surface area contributed by atoms with Crippen LogP contribution >= 0.6 is 0 Å². The molecule has 1 unspecified atom stereocenters. The van der Waals surface area contributed by atoms with E-state index < -0.39 is 5.92 Å². The van der Waals surface area contributed by atoms with Crippen LogP contribution in [0.3, 0.4) is 0 Å². The number of aliphatic imine (C=N–C) groups is 1. The van der Waals surface area contributed by atoms with Crippen molar-refractivity contribution in [2.24, 2.45) is 10.9 Å². The van der Waals surface area contributed by atoms with Gasteiger partial charge in [-0.1, -0.05) is 11.2 Å². The lowest BCUT2D eigenvalue weighted by Crippen LogP contribution is -2.42. The Bertz CT molecular complexity index is 731. The molecular weight excluding hydrogens is 326 g/mol. The van der Waals surface area contributed by atoms with Gasteiger partial charge in [-0.2, -0.15) is 4.98 Å². The minimum atomic E-state index is -0.644. The molecule has 1 fully saturated rings. The Morgan fingerprint density at radius 1 is 1.36 bits per heavy atom. The molecule has 1 saturated heterocycles.